The highest BCUT2D eigenvalue weighted by molar-refractivity contribution is 6.30. The summed E-state index contributed by atoms with van der Waals surface area (Å²) in [5.74, 6) is -0.174. The van der Waals surface area contributed by atoms with Gasteiger partial charge in [0.25, 0.3) is 0 Å². The molecule has 2 aromatic carbocycles. The number of ether oxygens (including phenoxy) is 1. The van der Waals surface area contributed by atoms with Crippen molar-refractivity contribution in [2.75, 3.05) is 29.5 Å². The van der Waals surface area contributed by atoms with E-state index >= 15 is 0 Å². The molecule has 0 radical (unpaired) electrons. The van der Waals surface area contributed by atoms with Crippen LogP contribution < -0.4 is 16.4 Å². The molecule has 4 rings (SSSR count). The number of amides is 2. The molecule has 34 heavy (non-hydrogen) atoms. The molecule has 0 atom stereocenters. The van der Waals surface area contributed by atoms with Gasteiger partial charge >= 0.3 is 12.0 Å². The highest BCUT2D eigenvalue weighted by atomic mass is 35.5. The number of nitrogens with one attached hydrogen (secondary N) is 2. The summed E-state index contributed by atoms with van der Waals surface area (Å²) in [6.07, 6.45) is 1.04. The first-order valence-corrected chi connectivity index (χ1v) is 11.1. The van der Waals surface area contributed by atoms with E-state index in [1.54, 1.807) is 29.2 Å². The standard InChI is InChI=1S/C23H24ClN7O3/c24-16-6-8-18(9-7-16)26-22-29-19(28-21(25)30-22)14-34-20(32)15-10-12-31(13-11-15)23(33)27-17-4-2-1-3-5-17/h1-9,15H,10-14H2,(H,27,33)(H3,25,26,28,29,30). The second kappa shape index (κ2) is 10.8. The fourth-order valence-electron chi connectivity index (χ4n) is 3.52. The minimum Gasteiger partial charge on any atom is -0.457 e. The van der Waals surface area contributed by atoms with Crippen molar-refractivity contribution in [3.63, 3.8) is 0 Å². The van der Waals surface area contributed by atoms with E-state index in [1.807, 2.05) is 30.3 Å². The summed E-state index contributed by atoms with van der Waals surface area (Å²) in [4.78, 5) is 39.0. The third-order valence-electron chi connectivity index (χ3n) is 5.28. The Morgan fingerprint density at radius 1 is 1.00 bits per heavy atom. The van der Waals surface area contributed by atoms with Gasteiger partial charge in [0.2, 0.25) is 11.9 Å². The number of carbonyl (C=O) groups is 2. The van der Waals surface area contributed by atoms with Crippen molar-refractivity contribution in [1.82, 2.24) is 19.9 Å². The molecule has 0 unspecified atom stereocenters. The van der Waals surface area contributed by atoms with Crippen molar-refractivity contribution in [2.45, 2.75) is 19.4 Å². The van der Waals surface area contributed by atoms with Gasteiger partial charge in [0, 0.05) is 29.5 Å². The molecule has 11 heteroatoms. The fourth-order valence-corrected chi connectivity index (χ4v) is 3.64. The normalized spacial score (nSPS) is 13.9. The molecule has 4 N–H and O–H groups in total. The Morgan fingerprint density at radius 3 is 2.41 bits per heavy atom. The largest absolute Gasteiger partial charge is 0.457 e. The minimum absolute atomic E-state index is 0.00949. The average molecular weight is 482 g/mol. The number of piperidine rings is 1. The summed E-state index contributed by atoms with van der Waals surface area (Å²) in [6.45, 7) is 0.800. The summed E-state index contributed by atoms with van der Waals surface area (Å²) >= 11 is 5.90. The Bertz CT molecular complexity index is 1140. The zero-order valence-corrected chi connectivity index (χ0v) is 19.0. The molecular formula is C23H24ClN7O3. The molecule has 1 saturated heterocycles. The summed E-state index contributed by atoms with van der Waals surface area (Å²) in [5.41, 5.74) is 7.23. The lowest BCUT2D eigenvalue weighted by atomic mass is 9.97. The molecule has 2 heterocycles. The molecular weight excluding hydrogens is 458 g/mol. The molecule has 1 aromatic heterocycles. The number of nitrogen functional groups attached to an aromatic ring is 1. The van der Waals surface area contributed by atoms with Crippen molar-refractivity contribution in [3.8, 4) is 0 Å². The van der Waals surface area contributed by atoms with Gasteiger partial charge in [0.15, 0.2) is 12.4 Å². The Labute approximate surface area is 201 Å². The van der Waals surface area contributed by atoms with Crippen LogP contribution in [-0.4, -0.2) is 44.9 Å². The van der Waals surface area contributed by atoms with E-state index in [2.05, 4.69) is 25.6 Å². The quantitative estimate of drug-likeness (QED) is 0.452. The fraction of sp³-hybridized carbons (Fsp3) is 0.261. The number of anilines is 4. The number of para-hydroxylation sites is 1. The zero-order chi connectivity index (χ0) is 23.9. The lowest BCUT2D eigenvalue weighted by Gasteiger charge is -2.30. The number of likely N-dealkylation sites (tertiary alicyclic amines) is 1. The Kier molecular flexibility index (Phi) is 7.38. The molecule has 1 aliphatic rings. The second-order valence-electron chi connectivity index (χ2n) is 7.73. The number of halogens is 1. The first-order chi connectivity index (χ1) is 16.5. The molecule has 0 saturated carbocycles. The van der Waals surface area contributed by atoms with Crippen LogP contribution in [0, 0.1) is 5.92 Å². The van der Waals surface area contributed by atoms with E-state index in [-0.39, 0.29) is 42.2 Å². The van der Waals surface area contributed by atoms with E-state index in [0.29, 0.717) is 31.0 Å². The van der Waals surface area contributed by atoms with Crippen molar-refractivity contribution in [2.24, 2.45) is 5.92 Å². The number of hydrogen-bond acceptors (Lipinski definition) is 8. The van der Waals surface area contributed by atoms with Crippen LogP contribution in [0.3, 0.4) is 0 Å². The molecule has 176 valence electrons. The number of urea groups is 1. The van der Waals surface area contributed by atoms with Crippen LogP contribution in [0.1, 0.15) is 18.7 Å². The number of carbonyl (C=O) groups excluding carboxylic acids is 2. The predicted octanol–water partition coefficient (Wildman–Crippen LogP) is 3.84. The van der Waals surface area contributed by atoms with Gasteiger partial charge < -0.3 is 26.0 Å². The maximum absolute atomic E-state index is 12.6. The number of rotatable bonds is 6. The number of esters is 1. The van der Waals surface area contributed by atoms with Crippen molar-refractivity contribution >= 4 is 46.9 Å². The van der Waals surface area contributed by atoms with Gasteiger partial charge in [-0.15, -0.1) is 0 Å². The van der Waals surface area contributed by atoms with Crippen molar-refractivity contribution < 1.29 is 14.3 Å². The number of benzene rings is 2. The maximum Gasteiger partial charge on any atom is 0.321 e. The highest BCUT2D eigenvalue weighted by Crippen LogP contribution is 2.21. The Hall–Kier alpha value is -3.92. The van der Waals surface area contributed by atoms with Crippen LogP contribution in [0.5, 0.6) is 0 Å². The third kappa shape index (κ3) is 6.32. The maximum atomic E-state index is 12.6. The van der Waals surface area contributed by atoms with Gasteiger partial charge in [-0.25, -0.2) is 4.79 Å². The first-order valence-electron chi connectivity index (χ1n) is 10.8. The molecule has 10 nitrogen and oxygen atoms in total. The van der Waals surface area contributed by atoms with Crippen LogP contribution in [0.2, 0.25) is 5.02 Å². The summed E-state index contributed by atoms with van der Waals surface area (Å²) in [6, 6.07) is 16.1. The van der Waals surface area contributed by atoms with Gasteiger partial charge in [-0.2, -0.15) is 15.0 Å². The highest BCUT2D eigenvalue weighted by Gasteiger charge is 2.28. The van der Waals surface area contributed by atoms with Gasteiger partial charge in [-0.05, 0) is 49.2 Å². The number of nitrogens with zero attached hydrogens (tertiary/aromatic N) is 4. The predicted molar refractivity (Wildman–Crippen MR) is 129 cm³/mol. The number of aromatic nitrogens is 3. The van der Waals surface area contributed by atoms with Gasteiger partial charge in [0.05, 0.1) is 5.92 Å². The molecule has 2 amide bonds. The van der Waals surface area contributed by atoms with Crippen LogP contribution in [-0.2, 0) is 16.1 Å². The SMILES string of the molecule is Nc1nc(COC(=O)C2CCN(C(=O)Nc3ccccc3)CC2)nc(Nc2ccc(Cl)cc2)n1. The van der Waals surface area contributed by atoms with E-state index in [9.17, 15) is 9.59 Å². The average Bonchev–Trinajstić information content (AvgIpc) is 2.84. The monoisotopic (exact) mass is 481 g/mol. The molecule has 0 spiro atoms. The zero-order valence-electron chi connectivity index (χ0n) is 18.3. The summed E-state index contributed by atoms with van der Waals surface area (Å²) < 4.78 is 5.42. The van der Waals surface area contributed by atoms with Gasteiger partial charge in [-0.1, -0.05) is 29.8 Å². The van der Waals surface area contributed by atoms with Gasteiger partial charge in [0.1, 0.15) is 0 Å². The molecule has 0 bridgehead atoms. The molecule has 3 aromatic rings. The Morgan fingerprint density at radius 2 is 1.71 bits per heavy atom. The lowest BCUT2D eigenvalue weighted by molar-refractivity contribution is -0.151. The van der Waals surface area contributed by atoms with E-state index in [1.165, 1.54) is 0 Å². The number of hydrogen-bond donors (Lipinski definition) is 3. The van der Waals surface area contributed by atoms with Crippen molar-refractivity contribution in [1.29, 1.82) is 0 Å². The van der Waals surface area contributed by atoms with Crippen LogP contribution in [0.15, 0.2) is 54.6 Å². The van der Waals surface area contributed by atoms with E-state index in [4.69, 9.17) is 22.1 Å². The van der Waals surface area contributed by atoms with E-state index < -0.39 is 0 Å². The minimum atomic E-state index is -0.352. The molecule has 1 aliphatic heterocycles. The summed E-state index contributed by atoms with van der Waals surface area (Å²) in [5, 5.41) is 6.48. The number of nitrogens with two attached hydrogens (primary N) is 1. The topological polar surface area (TPSA) is 135 Å². The van der Waals surface area contributed by atoms with Crippen LogP contribution >= 0.6 is 11.6 Å². The molecule has 1 fully saturated rings. The smallest absolute Gasteiger partial charge is 0.321 e. The lowest BCUT2D eigenvalue weighted by Crippen LogP contribution is -2.42. The van der Waals surface area contributed by atoms with Crippen LogP contribution in [0.25, 0.3) is 0 Å². The second-order valence-corrected chi connectivity index (χ2v) is 8.17. The van der Waals surface area contributed by atoms with E-state index in [0.717, 1.165) is 11.4 Å². The summed E-state index contributed by atoms with van der Waals surface area (Å²) in [7, 11) is 0. The first kappa shape index (κ1) is 23.2. The Balaban J connectivity index is 1.26. The van der Waals surface area contributed by atoms with Gasteiger partial charge in [-0.3, -0.25) is 4.79 Å². The van der Waals surface area contributed by atoms with Crippen LogP contribution in [0.4, 0.5) is 28.1 Å². The molecule has 0 aliphatic carbocycles. The van der Waals surface area contributed by atoms with Crippen molar-refractivity contribution in [3.05, 3.63) is 65.4 Å². The third-order valence-corrected chi connectivity index (χ3v) is 5.54.